The number of pyridine rings is 1. The van der Waals surface area contributed by atoms with Gasteiger partial charge in [0.2, 0.25) is 0 Å². The Morgan fingerprint density at radius 1 is 1.04 bits per heavy atom. The van der Waals surface area contributed by atoms with Crippen molar-refractivity contribution in [2.45, 2.75) is 32.6 Å². The van der Waals surface area contributed by atoms with Gasteiger partial charge in [0.05, 0.1) is 4.92 Å². The molecule has 4 aromatic rings. The van der Waals surface area contributed by atoms with E-state index in [1.54, 1.807) is 12.1 Å². The summed E-state index contributed by atoms with van der Waals surface area (Å²) >= 11 is 0. The molecule has 2 heterocycles. The number of fused-ring (bicyclic) bond motifs is 3. The molecule has 0 unspecified atom stereocenters. The van der Waals surface area contributed by atoms with Crippen LogP contribution in [0.1, 0.15) is 31.7 Å². The third-order valence-electron chi connectivity index (χ3n) is 4.97. The summed E-state index contributed by atoms with van der Waals surface area (Å²) in [5.74, 6) is 0. The Morgan fingerprint density at radius 3 is 2.70 bits per heavy atom. The van der Waals surface area contributed by atoms with Gasteiger partial charge < -0.3 is 4.98 Å². The van der Waals surface area contributed by atoms with E-state index < -0.39 is 0 Å². The standard InChI is InChI=1S/C22H21N3O2/c1-2-3-4-6-15-11-20-19-13-17(9-10-21(19)24-22(20)23-14-15)16-7-5-8-18(12-16)25(26)27/h5,7-14H,2-4,6H2,1H3,(H,23,24). The molecule has 0 aliphatic carbocycles. The van der Waals surface area contributed by atoms with Gasteiger partial charge in [-0.1, -0.05) is 38.0 Å². The number of unbranched alkanes of at least 4 members (excludes halogenated alkanes) is 2. The van der Waals surface area contributed by atoms with Gasteiger partial charge in [0, 0.05) is 34.6 Å². The molecule has 5 heteroatoms. The van der Waals surface area contributed by atoms with E-state index in [1.807, 2.05) is 24.4 Å². The first-order chi connectivity index (χ1) is 13.2. The first-order valence-electron chi connectivity index (χ1n) is 9.31. The summed E-state index contributed by atoms with van der Waals surface area (Å²) in [7, 11) is 0. The smallest absolute Gasteiger partial charge is 0.270 e. The molecule has 0 atom stereocenters. The zero-order valence-electron chi connectivity index (χ0n) is 15.2. The van der Waals surface area contributed by atoms with Crippen molar-refractivity contribution >= 4 is 27.6 Å². The van der Waals surface area contributed by atoms with Crippen LogP contribution in [0.3, 0.4) is 0 Å². The van der Waals surface area contributed by atoms with Crippen molar-refractivity contribution in [2.75, 3.05) is 0 Å². The van der Waals surface area contributed by atoms with E-state index in [2.05, 4.69) is 29.0 Å². The molecule has 0 spiro atoms. The molecule has 136 valence electrons. The monoisotopic (exact) mass is 359 g/mol. The average molecular weight is 359 g/mol. The summed E-state index contributed by atoms with van der Waals surface area (Å²) in [4.78, 5) is 18.7. The summed E-state index contributed by atoms with van der Waals surface area (Å²) in [6.07, 6.45) is 6.59. The van der Waals surface area contributed by atoms with E-state index in [0.29, 0.717) is 0 Å². The van der Waals surface area contributed by atoms with Crippen LogP contribution in [0, 0.1) is 10.1 Å². The lowest BCUT2D eigenvalue weighted by atomic mass is 10.0. The first kappa shape index (κ1) is 17.2. The Bertz CT molecular complexity index is 1130. The molecule has 4 rings (SSSR count). The lowest BCUT2D eigenvalue weighted by Crippen LogP contribution is -1.88. The fourth-order valence-electron chi connectivity index (χ4n) is 3.51. The van der Waals surface area contributed by atoms with Crippen molar-refractivity contribution in [3.63, 3.8) is 0 Å². The number of aromatic amines is 1. The summed E-state index contributed by atoms with van der Waals surface area (Å²) in [6, 6.07) is 15.1. The summed E-state index contributed by atoms with van der Waals surface area (Å²) in [5, 5.41) is 13.3. The molecule has 0 saturated heterocycles. The predicted octanol–water partition coefficient (Wildman–Crippen LogP) is 6.02. The van der Waals surface area contributed by atoms with Crippen LogP contribution in [-0.2, 0) is 6.42 Å². The number of H-pyrrole nitrogens is 1. The minimum atomic E-state index is -0.361. The molecule has 0 fully saturated rings. The molecule has 2 aromatic carbocycles. The van der Waals surface area contributed by atoms with E-state index in [9.17, 15) is 10.1 Å². The van der Waals surface area contributed by atoms with Gasteiger partial charge >= 0.3 is 0 Å². The van der Waals surface area contributed by atoms with Crippen molar-refractivity contribution in [1.82, 2.24) is 9.97 Å². The van der Waals surface area contributed by atoms with Gasteiger partial charge in [-0.3, -0.25) is 10.1 Å². The van der Waals surface area contributed by atoms with Crippen molar-refractivity contribution in [3.05, 3.63) is 70.4 Å². The van der Waals surface area contributed by atoms with E-state index in [4.69, 9.17) is 0 Å². The van der Waals surface area contributed by atoms with Crippen LogP contribution in [0.5, 0.6) is 0 Å². The quantitative estimate of drug-likeness (QED) is 0.260. The van der Waals surface area contributed by atoms with Crippen LogP contribution < -0.4 is 0 Å². The third kappa shape index (κ3) is 3.40. The summed E-state index contributed by atoms with van der Waals surface area (Å²) in [6.45, 7) is 2.20. The van der Waals surface area contributed by atoms with Gasteiger partial charge in [0.1, 0.15) is 5.65 Å². The molecule has 0 aliphatic heterocycles. The molecule has 2 aromatic heterocycles. The lowest BCUT2D eigenvalue weighted by molar-refractivity contribution is -0.384. The van der Waals surface area contributed by atoms with Crippen molar-refractivity contribution in [3.8, 4) is 11.1 Å². The average Bonchev–Trinajstić information content (AvgIpc) is 3.05. The summed E-state index contributed by atoms with van der Waals surface area (Å²) in [5.41, 5.74) is 5.05. The van der Waals surface area contributed by atoms with Gasteiger partial charge in [0.15, 0.2) is 0 Å². The molecular formula is C22H21N3O2. The van der Waals surface area contributed by atoms with Gasteiger partial charge in [-0.05, 0) is 47.7 Å². The Balaban J connectivity index is 1.78. The highest BCUT2D eigenvalue weighted by atomic mass is 16.6. The van der Waals surface area contributed by atoms with Crippen LogP contribution >= 0.6 is 0 Å². The minimum absolute atomic E-state index is 0.103. The molecule has 27 heavy (non-hydrogen) atoms. The highest BCUT2D eigenvalue weighted by molar-refractivity contribution is 6.07. The second kappa shape index (κ2) is 7.19. The predicted molar refractivity (Wildman–Crippen MR) is 109 cm³/mol. The number of aromatic nitrogens is 2. The maximum absolute atomic E-state index is 11.1. The Morgan fingerprint density at radius 2 is 1.89 bits per heavy atom. The molecule has 0 amide bonds. The number of non-ortho nitro benzene ring substituents is 1. The number of nitrogens with one attached hydrogen (secondary N) is 1. The second-order valence-corrected chi connectivity index (χ2v) is 6.89. The molecule has 0 radical (unpaired) electrons. The highest BCUT2D eigenvalue weighted by Crippen LogP contribution is 2.31. The van der Waals surface area contributed by atoms with Gasteiger partial charge in [-0.15, -0.1) is 0 Å². The Labute approximate surface area is 157 Å². The van der Waals surface area contributed by atoms with E-state index >= 15 is 0 Å². The highest BCUT2D eigenvalue weighted by Gasteiger charge is 2.11. The van der Waals surface area contributed by atoms with Crippen LogP contribution in [0.15, 0.2) is 54.7 Å². The van der Waals surface area contributed by atoms with Crippen molar-refractivity contribution in [2.24, 2.45) is 0 Å². The van der Waals surface area contributed by atoms with Crippen LogP contribution in [0.25, 0.3) is 33.1 Å². The molecule has 0 bridgehead atoms. The van der Waals surface area contributed by atoms with Crippen LogP contribution in [0.4, 0.5) is 5.69 Å². The number of nitro benzene ring substituents is 1. The third-order valence-corrected chi connectivity index (χ3v) is 4.97. The molecular weight excluding hydrogens is 338 g/mol. The Hall–Kier alpha value is -3.21. The van der Waals surface area contributed by atoms with Crippen LogP contribution in [0.2, 0.25) is 0 Å². The topological polar surface area (TPSA) is 71.8 Å². The zero-order valence-corrected chi connectivity index (χ0v) is 15.2. The number of aryl methyl sites for hydroxylation is 1. The van der Waals surface area contributed by atoms with Crippen molar-refractivity contribution in [1.29, 1.82) is 0 Å². The number of rotatable bonds is 6. The fourth-order valence-corrected chi connectivity index (χ4v) is 3.51. The van der Waals surface area contributed by atoms with Crippen LogP contribution in [-0.4, -0.2) is 14.9 Å². The van der Waals surface area contributed by atoms with E-state index in [0.717, 1.165) is 39.5 Å². The van der Waals surface area contributed by atoms with E-state index in [-0.39, 0.29) is 10.6 Å². The van der Waals surface area contributed by atoms with Gasteiger partial charge in [-0.2, -0.15) is 0 Å². The number of nitro groups is 1. The Kier molecular flexibility index (Phi) is 4.59. The largest absolute Gasteiger partial charge is 0.339 e. The van der Waals surface area contributed by atoms with E-state index in [1.165, 1.54) is 30.9 Å². The van der Waals surface area contributed by atoms with Crippen molar-refractivity contribution < 1.29 is 4.92 Å². The zero-order chi connectivity index (χ0) is 18.8. The molecule has 5 nitrogen and oxygen atoms in total. The molecule has 1 N–H and O–H groups in total. The molecule has 0 saturated carbocycles. The maximum atomic E-state index is 11.1. The normalized spacial score (nSPS) is 11.3. The number of hydrogen-bond donors (Lipinski definition) is 1. The lowest BCUT2D eigenvalue weighted by Gasteiger charge is -2.03. The fraction of sp³-hybridized carbons (Fsp3) is 0.227. The molecule has 0 aliphatic rings. The van der Waals surface area contributed by atoms with Gasteiger partial charge in [-0.25, -0.2) is 4.98 Å². The minimum Gasteiger partial charge on any atom is -0.339 e. The number of benzene rings is 2. The second-order valence-electron chi connectivity index (χ2n) is 6.89. The maximum Gasteiger partial charge on any atom is 0.270 e. The SMILES string of the molecule is CCCCCc1cnc2[nH]c3ccc(-c4cccc([N+](=O)[O-])c4)cc3c2c1. The number of hydrogen-bond acceptors (Lipinski definition) is 3. The summed E-state index contributed by atoms with van der Waals surface area (Å²) < 4.78 is 0. The number of nitrogens with zero attached hydrogens (tertiary/aromatic N) is 2. The first-order valence-corrected chi connectivity index (χ1v) is 9.31. The van der Waals surface area contributed by atoms with Gasteiger partial charge in [0.25, 0.3) is 5.69 Å².